The van der Waals surface area contributed by atoms with Crippen molar-refractivity contribution in [2.24, 2.45) is 0 Å². The van der Waals surface area contributed by atoms with Gasteiger partial charge in [0.25, 0.3) is 5.24 Å². The van der Waals surface area contributed by atoms with Gasteiger partial charge in [0.05, 0.1) is 10.0 Å². The summed E-state index contributed by atoms with van der Waals surface area (Å²) in [5, 5.41) is 1.57. The lowest BCUT2D eigenvalue weighted by atomic mass is 9.97. The fourth-order valence-corrected chi connectivity index (χ4v) is 4.99. The van der Waals surface area contributed by atoms with E-state index < -0.39 is 17.0 Å². The first-order valence-corrected chi connectivity index (χ1v) is 10.1. The second kappa shape index (κ2) is 7.11. The van der Waals surface area contributed by atoms with E-state index in [2.05, 4.69) is 21.2 Å². The Morgan fingerprint density at radius 3 is 2.57 bits per heavy atom. The van der Waals surface area contributed by atoms with E-state index >= 15 is 0 Å². The lowest BCUT2D eigenvalue weighted by Crippen LogP contribution is -2.27. The fraction of sp³-hybridized carbons (Fsp3) is 0.263. The molecule has 0 radical (unpaired) electrons. The van der Waals surface area contributed by atoms with Crippen molar-refractivity contribution in [3.05, 3.63) is 57.6 Å². The summed E-state index contributed by atoms with van der Waals surface area (Å²) >= 11 is 4.14. The summed E-state index contributed by atoms with van der Waals surface area (Å²) in [6.45, 7) is 0. The van der Waals surface area contributed by atoms with Crippen LogP contribution in [0.1, 0.15) is 29.0 Å². The van der Waals surface area contributed by atoms with E-state index in [1.807, 2.05) is 12.1 Å². The molecule has 0 aromatic heterocycles. The van der Waals surface area contributed by atoms with Gasteiger partial charge in [-0.1, -0.05) is 17.8 Å². The average Bonchev–Trinajstić information content (AvgIpc) is 3.17. The number of halogens is 4. The van der Waals surface area contributed by atoms with Crippen molar-refractivity contribution < 1.29 is 27.5 Å². The molecule has 2 aromatic carbocycles. The maximum absolute atomic E-state index is 12.8. The summed E-state index contributed by atoms with van der Waals surface area (Å²) in [4.78, 5) is 23.4. The van der Waals surface area contributed by atoms with Crippen molar-refractivity contribution in [2.45, 2.75) is 30.2 Å². The van der Waals surface area contributed by atoms with Crippen molar-refractivity contribution in [1.29, 1.82) is 0 Å². The third-order valence-electron chi connectivity index (χ3n) is 4.81. The van der Waals surface area contributed by atoms with Gasteiger partial charge in [0.2, 0.25) is 5.91 Å². The molecular formula is C19H13BrF3NO3S. The third-order valence-corrected chi connectivity index (χ3v) is 6.54. The lowest BCUT2D eigenvalue weighted by Gasteiger charge is -2.16. The number of carbonyl (C=O) groups excluding carboxylic acids is 2. The number of fused-ring (bicyclic) bond motifs is 1. The highest BCUT2D eigenvalue weighted by molar-refractivity contribution is 9.10. The number of benzene rings is 2. The molecule has 1 aliphatic carbocycles. The molecule has 1 heterocycles. The molecule has 1 N–H and O–H groups in total. The van der Waals surface area contributed by atoms with Crippen molar-refractivity contribution in [2.75, 3.05) is 0 Å². The minimum Gasteiger partial charge on any atom is -0.456 e. The van der Waals surface area contributed by atoms with E-state index in [9.17, 15) is 22.8 Å². The SMILES string of the molecule is O=C1NC(=O)C([C@@H]2CCc3cc(Oc4ccc(C(F)(F)F)cc4Br)ccc32)S1. The molecule has 1 fully saturated rings. The first-order chi connectivity index (χ1) is 13.2. The smallest absolute Gasteiger partial charge is 0.416 e. The van der Waals surface area contributed by atoms with Crippen LogP contribution in [0.4, 0.5) is 18.0 Å². The Hall–Kier alpha value is -2.00. The minimum absolute atomic E-state index is 0.0432. The van der Waals surface area contributed by atoms with Gasteiger partial charge in [0, 0.05) is 5.92 Å². The van der Waals surface area contributed by atoms with Gasteiger partial charge >= 0.3 is 6.18 Å². The fourth-order valence-electron chi connectivity index (χ4n) is 3.53. The second-order valence-electron chi connectivity index (χ2n) is 6.57. The number of thioether (sulfide) groups is 1. The molecule has 9 heteroatoms. The molecule has 0 saturated carbocycles. The molecule has 4 rings (SSSR count). The zero-order valence-electron chi connectivity index (χ0n) is 14.2. The number of hydrogen-bond donors (Lipinski definition) is 1. The molecule has 0 bridgehead atoms. The third kappa shape index (κ3) is 3.65. The molecule has 2 amide bonds. The van der Waals surface area contributed by atoms with E-state index in [4.69, 9.17) is 4.74 Å². The van der Waals surface area contributed by atoms with Crippen LogP contribution in [0.3, 0.4) is 0 Å². The normalized spacial score (nSPS) is 21.6. The predicted octanol–water partition coefficient (Wildman–Crippen LogP) is 5.64. The standard InChI is InChI=1S/C19H13BrF3NO3S/c20-14-8-10(19(21,22)23)2-6-15(14)27-11-3-5-12-9(7-11)1-4-13(12)16-17(25)24-18(26)28-16/h2-3,5-8,13,16H,1,4H2,(H,24,25,26)/t13-,16?/m1/s1. The van der Waals surface area contributed by atoms with Crippen LogP contribution in [0.25, 0.3) is 0 Å². The summed E-state index contributed by atoms with van der Waals surface area (Å²) in [6.07, 6.45) is -2.93. The van der Waals surface area contributed by atoms with E-state index in [1.54, 1.807) is 6.07 Å². The molecule has 2 aliphatic rings. The molecule has 1 saturated heterocycles. The van der Waals surface area contributed by atoms with Gasteiger partial charge in [-0.3, -0.25) is 14.9 Å². The molecule has 28 heavy (non-hydrogen) atoms. The highest BCUT2D eigenvalue weighted by atomic mass is 79.9. The van der Waals surface area contributed by atoms with Gasteiger partial charge < -0.3 is 4.74 Å². The Kier molecular flexibility index (Phi) is 4.91. The van der Waals surface area contributed by atoms with E-state index in [-0.39, 0.29) is 27.3 Å². The zero-order chi connectivity index (χ0) is 20.1. The number of aryl methyl sites for hydroxylation is 1. The Balaban J connectivity index is 1.54. The number of alkyl halides is 3. The molecule has 146 valence electrons. The van der Waals surface area contributed by atoms with E-state index in [0.717, 1.165) is 47.9 Å². The summed E-state index contributed by atoms with van der Waals surface area (Å²) in [7, 11) is 0. The van der Waals surface area contributed by atoms with Crippen LogP contribution in [0, 0.1) is 0 Å². The van der Waals surface area contributed by atoms with Crippen molar-refractivity contribution in [1.82, 2.24) is 5.32 Å². The molecule has 1 aliphatic heterocycles. The van der Waals surface area contributed by atoms with E-state index in [1.165, 1.54) is 6.07 Å². The quantitative estimate of drug-likeness (QED) is 0.628. The van der Waals surface area contributed by atoms with Crippen molar-refractivity contribution in [3.8, 4) is 11.5 Å². The number of carbonyl (C=O) groups is 2. The van der Waals surface area contributed by atoms with E-state index in [0.29, 0.717) is 5.75 Å². The number of ether oxygens (including phenoxy) is 1. The van der Waals surface area contributed by atoms with Gasteiger partial charge in [-0.05, 0) is 70.2 Å². The molecule has 1 unspecified atom stereocenters. The van der Waals surface area contributed by atoms with Crippen LogP contribution in [0.15, 0.2) is 40.9 Å². The topological polar surface area (TPSA) is 55.4 Å². The first-order valence-electron chi connectivity index (χ1n) is 8.41. The average molecular weight is 472 g/mol. The Labute approximate surface area is 171 Å². The Bertz CT molecular complexity index is 979. The number of amides is 2. The second-order valence-corrected chi connectivity index (χ2v) is 8.53. The Morgan fingerprint density at radius 1 is 1.14 bits per heavy atom. The molecule has 2 aromatic rings. The van der Waals surface area contributed by atoms with Crippen LogP contribution in [0.2, 0.25) is 0 Å². The van der Waals surface area contributed by atoms with Crippen LogP contribution in [-0.4, -0.2) is 16.4 Å². The first kappa shape index (κ1) is 19.3. The molecule has 4 nitrogen and oxygen atoms in total. The minimum atomic E-state index is -4.42. The monoisotopic (exact) mass is 471 g/mol. The van der Waals surface area contributed by atoms with Crippen molar-refractivity contribution in [3.63, 3.8) is 0 Å². The summed E-state index contributed by atoms with van der Waals surface area (Å²) < 4.78 is 44.3. The largest absolute Gasteiger partial charge is 0.456 e. The summed E-state index contributed by atoms with van der Waals surface area (Å²) in [5.74, 6) is 0.471. The van der Waals surface area contributed by atoms with Gasteiger partial charge in [0.15, 0.2) is 0 Å². The number of hydrogen-bond acceptors (Lipinski definition) is 4. The number of nitrogens with one attached hydrogen (secondary N) is 1. The Morgan fingerprint density at radius 2 is 1.93 bits per heavy atom. The summed E-state index contributed by atoms with van der Waals surface area (Å²) in [6, 6.07) is 8.63. The van der Waals surface area contributed by atoms with Crippen LogP contribution >= 0.6 is 27.7 Å². The maximum atomic E-state index is 12.8. The predicted molar refractivity (Wildman–Crippen MR) is 102 cm³/mol. The highest BCUT2D eigenvalue weighted by Gasteiger charge is 2.41. The van der Waals surface area contributed by atoms with Crippen LogP contribution in [-0.2, 0) is 17.4 Å². The van der Waals surface area contributed by atoms with Gasteiger partial charge in [-0.15, -0.1) is 0 Å². The van der Waals surface area contributed by atoms with Crippen LogP contribution in [0.5, 0.6) is 11.5 Å². The lowest BCUT2D eigenvalue weighted by molar-refractivity contribution is -0.137. The maximum Gasteiger partial charge on any atom is 0.416 e. The summed E-state index contributed by atoms with van der Waals surface area (Å²) in [5.41, 5.74) is 1.25. The highest BCUT2D eigenvalue weighted by Crippen LogP contribution is 2.44. The van der Waals surface area contributed by atoms with Gasteiger partial charge in [0.1, 0.15) is 16.7 Å². The zero-order valence-corrected chi connectivity index (χ0v) is 16.6. The molecule has 0 spiro atoms. The van der Waals surface area contributed by atoms with Gasteiger partial charge in [-0.25, -0.2) is 0 Å². The number of rotatable bonds is 3. The van der Waals surface area contributed by atoms with Gasteiger partial charge in [-0.2, -0.15) is 13.2 Å². The number of imide groups is 1. The molecular weight excluding hydrogens is 459 g/mol. The van der Waals surface area contributed by atoms with Crippen LogP contribution < -0.4 is 10.1 Å². The van der Waals surface area contributed by atoms with Crippen molar-refractivity contribution >= 4 is 38.8 Å². The molecule has 2 atom stereocenters.